The van der Waals surface area contributed by atoms with Gasteiger partial charge in [-0.1, -0.05) is 19.3 Å². The van der Waals surface area contributed by atoms with Crippen LogP contribution in [0, 0.1) is 11.3 Å². The zero-order valence-electron chi connectivity index (χ0n) is 11.7. The molecule has 1 aliphatic carbocycles. The highest BCUT2D eigenvalue weighted by atomic mass is 16.5. The maximum absolute atomic E-state index is 12.3. The topological polar surface area (TPSA) is 65.4 Å². The zero-order valence-corrected chi connectivity index (χ0v) is 11.7. The second-order valence-corrected chi connectivity index (χ2v) is 5.57. The van der Waals surface area contributed by atoms with Gasteiger partial charge in [0.1, 0.15) is 5.54 Å². The van der Waals surface area contributed by atoms with Crippen molar-refractivity contribution in [3.63, 3.8) is 0 Å². The Morgan fingerprint density at radius 1 is 1.32 bits per heavy atom. The molecule has 0 bridgehead atoms. The van der Waals surface area contributed by atoms with E-state index in [0.29, 0.717) is 13.2 Å². The highest BCUT2D eigenvalue weighted by Crippen LogP contribution is 2.27. The lowest BCUT2D eigenvalue weighted by molar-refractivity contribution is -0.129. The summed E-state index contributed by atoms with van der Waals surface area (Å²) < 4.78 is 5.29. The number of rotatable bonds is 3. The van der Waals surface area contributed by atoms with Gasteiger partial charge in [-0.2, -0.15) is 5.26 Å². The molecule has 1 amide bonds. The number of nitriles is 1. The molecular formula is C14H23N3O2. The zero-order chi connectivity index (χ0) is 13.7. The Morgan fingerprint density at radius 2 is 1.95 bits per heavy atom. The fourth-order valence-corrected chi connectivity index (χ4v) is 2.89. The molecule has 1 aliphatic heterocycles. The van der Waals surface area contributed by atoms with E-state index in [1.54, 1.807) is 0 Å². The van der Waals surface area contributed by atoms with E-state index in [1.165, 1.54) is 0 Å². The number of morpholine rings is 1. The lowest BCUT2D eigenvalue weighted by atomic mass is 9.82. The molecule has 1 atom stereocenters. The predicted octanol–water partition coefficient (Wildman–Crippen LogP) is 1.05. The van der Waals surface area contributed by atoms with Crippen molar-refractivity contribution in [2.24, 2.45) is 0 Å². The minimum atomic E-state index is -0.629. The summed E-state index contributed by atoms with van der Waals surface area (Å²) in [6, 6.07) is 2.15. The Balaban J connectivity index is 1.93. The SMILES string of the molecule is C[C@@H](C(=O)NC1(C#N)CCCCC1)N1CCOCC1. The van der Waals surface area contributed by atoms with Gasteiger partial charge < -0.3 is 10.1 Å². The van der Waals surface area contributed by atoms with Gasteiger partial charge in [-0.15, -0.1) is 0 Å². The van der Waals surface area contributed by atoms with Crippen molar-refractivity contribution in [1.82, 2.24) is 10.2 Å². The van der Waals surface area contributed by atoms with Crippen molar-refractivity contribution >= 4 is 5.91 Å². The molecular weight excluding hydrogens is 242 g/mol. The monoisotopic (exact) mass is 265 g/mol. The molecule has 2 fully saturated rings. The van der Waals surface area contributed by atoms with E-state index in [9.17, 15) is 10.1 Å². The fraction of sp³-hybridized carbons (Fsp3) is 0.857. The average Bonchev–Trinajstić information content (AvgIpc) is 2.48. The highest BCUT2D eigenvalue weighted by Gasteiger charge is 2.35. The summed E-state index contributed by atoms with van der Waals surface area (Å²) in [7, 11) is 0. The first kappa shape index (κ1) is 14.3. The number of carbonyl (C=O) groups excluding carboxylic acids is 1. The van der Waals surface area contributed by atoms with Crippen molar-refractivity contribution in [3.05, 3.63) is 0 Å². The molecule has 106 valence electrons. The molecule has 2 rings (SSSR count). The number of carbonyl (C=O) groups is 1. The maximum Gasteiger partial charge on any atom is 0.238 e. The maximum atomic E-state index is 12.3. The molecule has 5 nitrogen and oxygen atoms in total. The molecule has 0 aromatic carbocycles. The number of nitrogens with zero attached hydrogens (tertiary/aromatic N) is 2. The van der Waals surface area contributed by atoms with Gasteiger partial charge in [0.05, 0.1) is 25.3 Å². The highest BCUT2D eigenvalue weighted by molar-refractivity contribution is 5.82. The second-order valence-electron chi connectivity index (χ2n) is 5.57. The summed E-state index contributed by atoms with van der Waals surface area (Å²) in [5, 5.41) is 12.4. The largest absolute Gasteiger partial charge is 0.379 e. The first-order valence-electron chi connectivity index (χ1n) is 7.22. The van der Waals surface area contributed by atoms with Crippen LogP contribution in [-0.2, 0) is 9.53 Å². The Morgan fingerprint density at radius 3 is 2.53 bits per heavy atom. The Kier molecular flexibility index (Phi) is 4.78. The summed E-state index contributed by atoms with van der Waals surface area (Å²) in [5.41, 5.74) is -0.629. The summed E-state index contributed by atoms with van der Waals surface area (Å²) in [6.45, 7) is 4.85. The normalized spacial score (nSPS) is 25.3. The van der Waals surface area contributed by atoms with E-state index in [0.717, 1.165) is 45.2 Å². The lowest BCUT2D eigenvalue weighted by Crippen LogP contribution is -2.56. The van der Waals surface area contributed by atoms with E-state index < -0.39 is 5.54 Å². The standard InChI is InChI=1S/C14H23N3O2/c1-12(17-7-9-19-10-8-17)13(18)16-14(11-15)5-3-2-4-6-14/h12H,2-10H2,1H3,(H,16,18)/t12-/m0/s1. The van der Waals surface area contributed by atoms with Crippen molar-refractivity contribution < 1.29 is 9.53 Å². The number of ether oxygens (including phenoxy) is 1. The van der Waals surface area contributed by atoms with Crippen molar-refractivity contribution in [3.8, 4) is 6.07 Å². The molecule has 0 unspecified atom stereocenters. The van der Waals surface area contributed by atoms with Gasteiger partial charge in [0, 0.05) is 13.1 Å². The van der Waals surface area contributed by atoms with Gasteiger partial charge in [-0.25, -0.2) is 0 Å². The molecule has 0 aromatic heterocycles. The van der Waals surface area contributed by atoms with Crippen LogP contribution in [0.15, 0.2) is 0 Å². The molecule has 0 spiro atoms. The van der Waals surface area contributed by atoms with Crippen LogP contribution < -0.4 is 5.32 Å². The van der Waals surface area contributed by atoms with Crippen molar-refractivity contribution in [1.29, 1.82) is 5.26 Å². The third-order valence-electron chi connectivity index (χ3n) is 4.26. The van der Waals surface area contributed by atoms with E-state index >= 15 is 0 Å². The fourth-order valence-electron chi connectivity index (χ4n) is 2.89. The van der Waals surface area contributed by atoms with Gasteiger partial charge >= 0.3 is 0 Å². The molecule has 1 saturated heterocycles. The Bertz CT molecular complexity index is 352. The van der Waals surface area contributed by atoms with E-state index in [-0.39, 0.29) is 11.9 Å². The van der Waals surface area contributed by atoms with Crippen LogP contribution in [0.4, 0.5) is 0 Å². The van der Waals surface area contributed by atoms with Gasteiger partial charge in [-0.3, -0.25) is 9.69 Å². The van der Waals surface area contributed by atoms with Crippen molar-refractivity contribution in [2.75, 3.05) is 26.3 Å². The summed E-state index contributed by atoms with van der Waals surface area (Å²) in [4.78, 5) is 14.4. The average molecular weight is 265 g/mol. The van der Waals surface area contributed by atoms with Gasteiger partial charge in [0.25, 0.3) is 0 Å². The quantitative estimate of drug-likeness (QED) is 0.828. The third-order valence-corrected chi connectivity index (χ3v) is 4.26. The van der Waals surface area contributed by atoms with Gasteiger partial charge in [0.2, 0.25) is 5.91 Å². The van der Waals surface area contributed by atoms with Crippen LogP contribution in [0.2, 0.25) is 0 Å². The lowest BCUT2D eigenvalue weighted by Gasteiger charge is -2.36. The minimum Gasteiger partial charge on any atom is -0.379 e. The molecule has 1 N–H and O–H groups in total. The summed E-state index contributed by atoms with van der Waals surface area (Å²) >= 11 is 0. The molecule has 19 heavy (non-hydrogen) atoms. The molecule has 1 heterocycles. The number of hydrogen-bond donors (Lipinski definition) is 1. The van der Waals surface area contributed by atoms with Crippen LogP contribution in [0.3, 0.4) is 0 Å². The van der Waals surface area contributed by atoms with Crippen LogP contribution >= 0.6 is 0 Å². The number of amides is 1. The second kappa shape index (κ2) is 6.36. The number of hydrogen-bond acceptors (Lipinski definition) is 4. The van der Waals surface area contributed by atoms with E-state index in [1.807, 2.05) is 6.92 Å². The molecule has 2 aliphatic rings. The summed E-state index contributed by atoms with van der Waals surface area (Å²) in [6.07, 6.45) is 4.79. The van der Waals surface area contributed by atoms with Crippen molar-refractivity contribution in [2.45, 2.75) is 50.6 Å². The Hall–Kier alpha value is -1.12. The van der Waals surface area contributed by atoms with Crippen LogP contribution in [0.5, 0.6) is 0 Å². The molecule has 0 radical (unpaired) electrons. The Labute approximate surface area is 114 Å². The van der Waals surface area contributed by atoms with E-state index in [2.05, 4.69) is 16.3 Å². The predicted molar refractivity (Wildman–Crippen MR) is 71.4 cm³/mol. The molecule has 5 heteroatoms. The molecule has 1 saturated carbocycles. The number of nitrogens with one attached hydrogen (secondary N) is 1. The first-order valence-corrected chi connectivity index (χ1v) is 7.22. The smallest absolute Gasteiger partial charge is 0.238 e. The van der Waals surface area contributed by atoms with Gasteiger partial charge in [-0.05, 0) is 19.8 Å². The van der Waals surface area contributed by atoms with Crippen LogP contribution in [0.25, 0.3) is 0 Å². The third kappa shape index (κ3) is 3.46. The minimum absolute atomic E-state index is 0.0228. The van der Waals surface area contributed by atoms with Crippen LogP contribution in [-0.4, -0.2) is 48.7 Å². The van der Waals surface area contributed by atoms with Gasteiger partial charge in [0.15, 0.2) is 0 Å². The first-order chi connectivity index (χ1) is 9.17. The summed E-state index contributed by atoms with van der Waals surface area (Å²) in [5.74, 6) is -0.0228. The molecule has 0 aromatic rings. The van der Waals surface area contributed by atoms with E-state index in [4.69, 9.17) is 4.74 Å². The van der Waals surface area contributed by atoms with Crippen LogP contribution in [0.1, 0.15) is 39.0 Å².